The molecule has 0 saturated heterocycles. The Labute approximate surface area is 116 Å². The Morgan fingerprint density at radius 1 is 1.26 bits per heavy atom. The molecule has 3 nitrogen and oxygen atoms in total. The number of benzene rings is 1. The first-order valence-corrected chi connectivity index (χ1v) is 7.35. The van der Waals surface area contributed by atoms with Gasteiger partial charge in [0.05, 0.1) is 0 Å². The largest absolute Gasteiger partial charge is 0.492 e. The van der Waals surface area contributed by atoms with Gasteiger partial charge in [-0.3, -0.25) is 4.90 Å². The fourth-order valence-corrected chi connectivity index (χ4v) is 2.49. The number of hydrogen-bond acceptors (Lipinski definition) is 3. The topological polar surface area (TPSA) is 24.5 Å². The van der Waals surface area contributed by atoms with E-state index in [0.717, 1.165) is 32.0 Å². The molecule has 2 rings (SSSR count). The first-order chi connectivity index (χ1) is 9.16. The van der Waals surface area contributed by atoms with Crippen molar-refractivity contribution in [3.8, 4) is 5.75 Å². The molecule has 19 heavy (non-hydrogen) atoms. The van der Waals surface area contributed by atoms with Gasteiger partial charge < -0.3 is 10.1 Å². The van der Waals surface area contributed by atoms with Crippen LogP contribution >= 0.6 is 0 Å². The van der Waals surface area contributed by atoms with Crippen LogP contribution in [0, 0.1) is 0 Å². The third kappa shape index (κ3) is 4.22. The Morgan fingerprint density at radius 3 is 2.84 bits per heavy atom. The lowest BCUT2D eigenvalue weighted by Gasteiger charge is -2.27. The van der Waals surface area contributed by atoms with E-state index < -0.39 is 0 Å². The summed E-state index contributed by atoms with van der Waals surface area (Å²) in [5, 5.41) is 3.49. The van der Waals surface area contributed by atoms with Gasteiger partial charge in [-0.25, -0.2) is 0 Å². The highest BCUT2D eigenvalue weighted by Gasteiger charge is 2.19. The molecule has 1 heterocycles. The van der Waals surface area contributed by atoms with Crippen molar-refractivity contribution in [2.24, 2.45) is 0 Å². The third-order valence-corrected chi connectivity index (χ3v) is 3.72. The number of nitrogens with zero attached hydrogens (tertiary/aromatic N) is 1. The van der Waals surface area contributed by atoms with Gasteiger partial charge in [-0.1, -0.05) is 32.0 Å². The van der Waals surface area contributed by atoms with E-state index in [1.54, 1.807) is 0 Å². The quantitative estimate of drug-likeness (QED) is 0.883. The lowest BCUT2D eigenvalue weighted by atomic mass is 10.1. The van der Waals surface area contributed by atoms with E-state index in [1.807, 2.05) is 6.07 Å². The van der Waals surface area contributed by atoms with Gasteiger partial charge in [0.25, 0.3) is 0 Å². The number of para-hydroxylation sites is 1. The molecule has 1 N–H and O–H groups in total. The van der Waals surface area contributed by atoms with Crippen molar-refractivity contribution in [1.82, 2.24) is 10.2 Å². The van der Waals surface area contributed by atoms with Gasteiger partial charge in [-0.2, -0.15) is 0 Å². The van der Waals surface area contributed by atoms with Crippen molar-refractivity contribution in [2.45, 2.75) is 45.8 Å². The molecule has 0 aliphatic carbocycles. The highest BCUT2D eigenvalue weighted by Crippen LogP contribution is 2.23. The third-order valence-electron chi connectivity index (χ3n) is 3.72. The van der Waals surface area contributed by atoms with Crippen LogP contribution in [0.2, 0.25) is 0 Å². The van der Waals surface area contributed by atoms with E-state index in [9.17, 15) is 0 Å². The van der Waals surface area contributed by atoms with Gasteiger partial charge in [-0.05, 0) is 26.0 Å². The summed E-state index contributed by atoms with van der Waals surface area (Å²) in [6.07, 6.45) is 1.18. The summed E-state index contributed by atoms with van der Waals surface area (Å²) < 4.78 is 5.81. The van der Waals surface area contributed by atoms with Crippen LogP contribution in [0.3, 0.4) is 0 Å². The molecule has 0 amide bonds. The first-order valence-electron chi connectivity index (χ1n) is 7.35. The zero-order chi connectivity index (χ0) is 13.7. The SMILES string of the molecule is CC(C)NCCC(C)N1CCOc2ccccc2C1. The van der Waals surface area contributed by atoms with Crippen LogP contribution in [0.5, 0.6) is 5.75 Å². The molecule has 1 unspecified atom stereocenters. The zero-order valence-corrected chi connectivity index (χ0v) is 12.4. The molecule has 1 aliphatic rings. The summed E-state index contributed by atoms with van der Waals surface area (Å²) in [6.45, 7) is 10.6. The molecular formula is C16H26N2O. The van der Waals surface area contributed by atoms with Gasteiger partial charge in [0.1, 0.15) is 12.4 Å². The van der Waals surface area contributed by atoms with Gasteiger partial charge in [-0.15, -0.1) is 0 Å². The standard InChI is InChI=1S/C16H26N2O/c1-13(2)17-9-8-14(3)18-10-11-19-16-7-5-4-6-15(16)12-18/h4-7,13-14,17H,8-12H2,1-3H3. The lowest BCUT2D eigenvalue weighted by Crippen LogP contribution is -2.37. The van der Waals surface area contributed by atoms with E-state index in [-0.39, 0.29) is 0 Å². The number of hydrogen-bond donors (Lipinski definition) is 1. The second kappa shape index (κ2) is 6.92. The van der Waals surface area contributed by atoms with Crippen molar-refractivity contribution in [3.05, 3.63) is 29.8 Å². The Kier molecular flexibility index (Phi) is 5.23. The molecule has 1 aromatic carbocycles. The van der Waals surface area contributed by atoms with Crippen molar-refractivity contribution in [2.75, 3.05) is 19.7 Å². The zero-order valence-electron chi connectivity index (χ0n) is 12.4. The van der Waals surface area contributed by atoms with Gasteiger partial charge in [0.2, 0.25) is 0 Å². The predicted octanol–water partition coefficient (Wildman–Crippen LogP) is 2.66. The summed E-state index contributed by atoms with van der Waals surface area (Å²) in [5.74, 6) is 1.05. The second-order valence-corrected chi connectivity index (χ2v) is 5.67. The maximum absolute atomic E-state index is 5.81. The Balaban J connectivity index is 1.90. The lowest BCUT2D eigenvalue weighted by molar-refractivity contribution is 0.171. The van der Waals surface area contributed by atoms with Crippen LogP contribution in [0.1, 0.15) is 32.8 Å². The van der Waals surface area contributed by atoms with Crippen LogP contribution in [-0.2, 0) is 6.54 Å². The van der Waals surface area contributed by atoms with Gasteiger partial charge in [0, 0.05) is 30.7 Å². The molecule has 0 spiro atoms. The maximum Gasteiger partial charge on any atom is 0.123 e. The van der Waals surface area contributed by atoms with Crippen molar-refractivity contribution in [3.63, 3.8) is 0 Å². The summed E-state index contributed by atoms with van der Waals surface area (Å²) in [4.78, 5) is 2.52. The second-order valence-electron chi connectivity index (χ2n) is 5.67. The predicted molar refractivity (Wildman–Crippen MR) is 79.6 cm³/mol. The maximum atomic E-state index is 5.81. The average Bonchev–Trinajstić information content (AvgIpc) is 2.60. The van der Waals surface area contributed by atoms with Gasteiger partial charge in [0.15, 0.2) is 0 Å². The molecular weight excluding hydrogens is 236 g/mol. The molecule has 0 saturated carbocycles. The van der Waals surface area contributed by atoms with E-state index >= 15 is 0 Å². The van der Waals surface area contributed by atoms with E-state index in [1.165, 1.54) is 12.0 Å². The summed E-state index contributed by atoms with van der Waals surface area (Å²) in [7, 11) is 0. The number of rotatable bonds is 5. The molecule has 1 aliphatic heterocycles. The van der Waals surface area contributed by atoms with Crippen LogP contribution in [0.4, 0.5) is 0 Å². The Bertz CT molecular complexity index is 392. The van der Waals surface area contributed by atoms with Crippen LogP contribution in [0.15, 0.2) is 24.3 Å². The Hall–Kier alpha value is -1.06. The van der Waals surface area contributed by atoms with Crippen molar-refractivity contribution < 1.29 is 4.74 Å². The summed E-state index contributed by atoms with van der Waals surface area (Å²) in [6, 6.07) is 9.54. The van der Waals surface area contributed by atoms with Crippen LogP contribution < -0.4 is 10.1 Å². The highest BCUT2D eigenvalue weighted by molar-refractivity contribution is 5.33. The monoisotopic (exact) mass is 262 g/mol. The average molecular weight is 262 g/mol. The number of ether oxygens (including phenoxy) is 1. The molecule has 106 valence electrons. The van der Waals surface area contributed by atoms with E-state index in [4.69, 9.17) is 4.74 Å². The smallest absolute Gasteiger partial charge is 0.123 e. The Morgan fingerprint density at radius 2 is 2.05 bits per heavy atom. The minimum absolute atomic E-state index is 0.570. The molecule has 0 bridgehead atoms. The first kappa shape index (κ1) is 14.4. The molecule has 0 radical (unpaired) electrons. The minimum atomic E-state index is 0.570. The molecule has 1 atom stereocenters. The normalized spacial score (nSPS) is 17.7. The van der Waals surface area contributed by atoms with E-state index in [0.29, 0.717) is 12.1 Å². The van der Waals surface area contributed by atoms with Crippen LogP contribution in [0.25, 0.3) is 0 Å². The molecule has 0 aromatic heterocycles. The fraction of sp³-hybridized carbons (Fsp3) is 0.625. The highest BCUT2D eigenvalue weighted by atomic mass is 16.5. The van der Waals surface area contributed by atoms with Crippen molar-refractivity contribution >= 4 is 0 Å². The van der Waals surface area contributed by atoms with Crippen molar-refractivity contribution in [1.29, 1.82) is 0 Å². The van der Waals surface area contributed by atoms with Crippen LogP contribution in [-0.4, -0.2) is 36.7 Å². The van der Waals surface area contributed by atoms with E-state index in [2.05, 4.69) is 49.2 Å². The molecule has 0 fully saturated rings. The number of fused-ring (bicyclic) bond motifs is 1. The summed E-state index contributed by atoms with van der Waals surface area (Å²) >= 11 is 0. The molecule has 1 aromatic rings. The minimum Gasteiger partial charge on any atom is -0.492 e. The number of nitrogens with one attached hydrogen (secondary N) is 1. The summed E-state index contributed by atoms with van der Waals surface area (Å²) in [5.41, 5.74) is 1.31. The fourth-order valence-electron chi connectivity index (χ4n) is 2.49. The van der Waals surface area contributed by atoms with Gasteiger partial charge >= 0.3 is 0 Å². The molecule has 3 heteroatoms.